The lowest BCUT2D eigenvalue weighted by Gasteiger charge is -2.24. The van der Waals surface area contributed by atoms with Crippen molar-refractivity contribution in [3.63, 3.8) is 0 Å². The lowest BCUT2D eigenvalue weighted by molar-refractivity contribution is -0.131. The number of carbonyl (C=O) groups is 2. The van der Waals surface area contributed by atoms with Gasteiger partial charge in [0.25, 0.3) is 5.91 Å². The Morgan fingerprint density at radius 2 is 2.14 bits per heavy atom. The SMILES string of the molecule is CC(C)CN(C(=O)c1ccc(C=CC(=O)O)cn1)C1CC1. The molecule has 0 bridgehead atoms. The molecule has 0 saturated heterocycles. The normalized spacial score (nSPS) is 14.6. The van der Waals surface area contributed by atoms with Gasteiger partial charge in [0.2, 0.25) is 0 Å². The summed E-state index contributed by atoms with van der Waals surface area (Å²) in [4.78, 5) is 29.0. The molecule has 1 aromatic rings. The summed E-state index contributed by atoms with van der Waals surface area (Å²) < 4.78 is 0. The number of carbonyl (C=O) groups excluding carboxylic acids is 1. The van der Waals surface area contributed by atoms with Gasteiger partial charge >= 0.3 is 5.97 Å². The van der Waals surface area contributed by atoms with E-state index in [1.54, 1.807) is 12.1 Å². The summed E-state index contributed by atoms with van der Waals surface area (Å²) in [5.74, 6) is -0.626. The molecule has 112 valence electrons. The van der Waals surface area contributed by atoms with Gasteiger partial charge in [0.1, 0.15) is 5.69 Å². The number of pyridine rings is 1. The third kappa shape index (κ3) is 4.41. The number of nitrogens with zero attached hydrogens (tertiary/aromatic N) is 2. The lowest BCUT2D eigenvalue weighted by atomic mass is 10.2. The molecule has 1 amide bonds. The second-order valence-electron chi connectivity index (χ2n) is 5.73. The number of hydrogen-bond acceptors (Lipinski definition) is 3. The van der Waals surface area contributed by atoms with Gasteiger partial charge in [-0.15, -0.1) is 0 Å². The minimum absolute atomic E-state index is 0.0417. The maximum absolute atomic E-state index is 12.5. The molecule has 0 radical (unpaired) electrons. The molecule has 2 rings (SSSR count). The van der Waals surface area contributed by atoms with Crippen molar-refractivity contribution in [2.24, 2.45) is 5.92 Å². The summed E-state index contributed by atoms with van der Waals surface area (Å²) in [6, 6.07) is 3.72. The van der Waals surface area contributed by atoms with Gasteiger partial charge in [0.05, 0.1) is 0 Å². The molecular weight excluding hydrogens is 268 g/mol. The Labute approximate surface area is 124 Å². The highest BCUT2D eigenvalue weighted by molar-refractivity contribution is 5.93. The Kier molecular flexibility index (Phi) is 4.73. The van der Waals surface area contributed by atoms with Crippen molar-refractivity contribution in [1.82, 2.24) is 9.88 Å². The molecule has 5 heteroatoms. The number of aliphatic carboxylic acids is 1. The first-order chi connectivity index (χ1) is 9.97. The van der Waals surface area contributed by atoms with Gasteiger partial charge in [0, 0.05) is 24.9 Å². The number of rotatable bonds is 6. The fourth-order valence-corrected chi connectivity index (χ4v) is 2.12. The van der Waals surface area contributed by atoms with E-state index in [2.05, 4.69) is 18.8 Å². The van der Waals surface area contributed by atoms with Crippen molar-refractivity contribution in [2.75, 3.05) is 6.54 Å². The molecule has 1 N–H and O–H groups in total. The third-order valence-corrected chi connectivity index (χ3v) is 3.23. The minimum Gasteiger partial charge on any atom is -0.478 e. The fourth-order valence-electron chi connectivity index (χ4n) is 2.12. The average molecular weight is 288 g/mol. The Hall–Kier alpha value is -2.17. The van der Waals surface area contributed by atoms with Crippen molar-refractivity contribution >= 4 is 18.0 Å². The zero-order valence-electron chi connectivity index (χ0n) is 12.3. The summed E-state index contributed by atoms with van der Waals surface area (Å²) in [7, 11) is 0. The number of amides is 1. The fraction of sp³-hybridized carbons (Fsp3) is 0.438. The van der Waals surface area contributed by atoms with Crippen molar-refractivity contribution in [3.05, 3.63) is 35.7 Å². The van der Waals surface area contributed by atoms with Gasteiger partial charge in [-0.05, 0) is 36.5 Å². The van der Waals surface area contributed by atoms with Crippen LogP contribution in [0.4, 0.5) is 0 Å². The molecule has 1 heterocycles. The number of aromatic nitrogens is 1. The van der Waals surface area contributed by atoms with Crippen LogP contribution in [0.15, 0.2) is 24.4 Å². The van der Waals surface area contributed by atoms with E-state index in [9.17, 15) is 9.59 Å². The van der Waals surface area contributed by atoms with Crippen LogP contribution in [0.5, 0.6) is 0 Å². The van der Waals surface area contributed by atoms with Crippen molar-refractivity contribution in [1.29, 1.82) is 0 Å². The Morgan fingerprint density at radius 1 is 1.43 bits per heavy atom. The highest BCUT2D eigenvalue weighted by atomic mass is 16.4. The molecule has 1 fully saturated rings. The number of hydrogen-bond donors (Lipinski definition) is 1. The van der Waals surface area contributed by atoms with Gasteiger partial charge in [-0.3, -0.25) is 9.78 Å². The summed E-state index contributed by atoms with van der Waals surface area (Å²) >= 11 is 0. The topological polar surface area (TPSA) is 70.5 Å². The van der Waals surface area contributed by atoms with Crippen LogP contribution >= 0.6 is 0 Å². The third-order valence-electron chi connectivity index (χ3n) is 3.23. The van der Waals surface area contributed by atoms with Crippen LogP contribution in [-0.4, -0.2) is 39.5 Å². The van der Waals surface area contributed by atoms with E-state index in [1.807, 2.05) is 4.90 Å². The molecule has 21 heavy (non-hydrogen) atoms. The number of carboxylic acids is 1. The quantitative estimate of drug-likeness (QED) is 0.816. The Bertz CT molecular complexity index is 545. The Balaban J connectivity index is 2.09. The molecule has 0 aliphatic heterocycles. The zero-order valence-corrected chi connectivity index (χ0v) is 12.3. The predicted octanol–water partition coefficient (Wildman–Crippen LogP) is 2.44. The summed E-state index contributed by atoms with van der Waals surface area (Å²) in [6.45, 7) is 4.93. The van der Waals surface area contributed by atoms with Crippen LogP contribution in [0.1, 0.15) is 42.7 Å². The largest absolute Gasteiger partial charge is 0.478 e. The molecule has 0 unspecified atom stereocenters. The first-order valence-electron chi connectivity index (χ1n) is 7.15. The average Bonchev–Trinajstić information content (AvgIpc) is 3.26. The van der Waals surface area contributed by atoms with E-state index in [-0.39, 0.29) is 5.91 Å². The van der Waals surface area contributed by atoms with Gasteiger partial charge < -0.3 is 10.0 Å². The van der Waals surface area contributed by atoms with Gasteiger partial charge in [-0.1, -0.05) is 19.9 Å². The van der Waals surface area contributed by atoms with E-state index in [0.717, 1.165) is 25.5 Å². The molecule has 0 spiro atoms. The highest BCUT2D eigenvalue weighted by Crippen LogP contribution is 2.28. The second kappa shape index (κ2) is 6.52. The maximum Gasteiger partial charge on any atom is 0.328 e. The van der Waals surface area contributed by atoms with E-state index in [1.165, 1.54) is 12.3 Å². The predicted molar refractivity (Wildman–Crippen MR) is 79.8 cm³/mol. The van der Waals surface area contributed by atoms with E-state index < -0.39 is 5.97 Å². The molecule has 1 aliphatic carbocycles. The first-order valence-corrected chi connectivity index (χ1v) is 7.15. The molecular formula is C16H20N2O3. The van der Waals surface area contributed by atoms with E-state index in [0.29, 0.717) is 23.2 Å². The second-order valence-corrected chi connectivity index (χ2v) is 5.73. The molecule has 0 atom stereocenters. The van der Waals surface area contributed by atoms with Crippen LogP contribution in [0.25, 0.3) is 6.08 Å². The molecule has 5 nitrogen and oxygen atoms in total. The minimum atomic E-state index is -1.01. The maximum atomic E-state index is 12.5. The smallest absolute Gasteiger partial charge is 0.328 e. The first kappa shape index (κ1) is 15.2. The van der Waals surface area contributed by atoms with Crippen LogP contribution in [0.2, 0.25) is 0 Å². The number of carboxylic acid groups (broad SMARTS) is 1. The summed E-state index contributed by atoms with van der Waals surface area (Å²) in [6.07, 6.45) is 6.16. The Morgan fingerprint density at radius 3 is 2.62 bits per heavy atom. The van der Waals surface area contributed by atoms with Gasteiger partial charge in [0.15, 0.2) is 0 Å². The van der Waals surface area contributed by atoms with Gasteiger partial charge in [-0.2, -0.15) is 0 Å². The van der Waals surface area contributed by atoms with Gasteiger partial charge in [-0.25, -0.2) is 4.79 Å². The summed E-state index contributed by atoms with van der Waals surface area (Å²) in [5, 5.41) is 8.57. The molecule has 1 aliphatic rings. The lowest BCUT2D eigenvalue weighted by Crippen LogP contribution is -2.36. The molecule has 1 saturated carbocycles. The van der Waals surface area contributed by atoms with Crippen LogP contribution in [-0.2, 0) is 4.79 Å². The van der Waals surface area contributed by atoms with Crippen molar-refractivity contribution in [2.45, 2.75) is 32.7 Å². The highest BCUT2D eigenvalue weighted by Gasteiger charge is 2.33. The molecule has 1 aromatic heterocycles. The summed E-state index contributed by atoms with van der Waals surface area (Å²) in [5.41, 5.74) is 1.07. The van der Waals surface area contributed by atoms with E-state index in [4.69, 9.17) is 5.11 Å². The molecule has 0 aromatic carbocycles. The standard InChI is InChI=1S/C16H20N2O3/c1-11(2)10-18(13-5-6-13)16(21)14-7-3-12(9-17-14)4-8-15(19)20/h3-4,7-9,11,13H,5-6,10H2,1-2H3,(H,19,20). The zero-order chi connectivity index (χ0) is 15.4. The monoisotopic (exact) mass is 288 g/mol. The van der Waals surface area contributed by atoms with Crippen LogP contribution in [0.3, 0.4) is 0 Å². The van der Waals surface area contributed by atoms with Crippen LogP contribution in [0, 0.1) is 5.92 Å². The van der Waals surface area contributed by atoms with Crippen molar-refractivity contribution < 1.29 is 14.7 Å². The van der Waals surface area contributed by atoms with E-state index >= 15 is 0 Å². The van der Waals surface area contributed by atoms with Crippen LogP contribution < -0.4 is 0 Å². The van der Waals surface area contributed by atoms with Crippen molar-refractivity contribution in [3.8, 4) is 0 Å².